The van der Waals surface area contributed by atoms with Crippen LogP contribution in [0, 0.1) is 11.7 Å². The second-order valence-corrected chi connectivity index (χ2v) is 9.21. The third kappa shape index (κ3) is 5.03. The van der Waals surface area contributed by atoms with Gasteiger partial charge in [0.1, 0.15) is 17.0 Å². The smallest absolute Gasteiger partial charge is 0.270 e. The molecule has 2 atom stereocenters. The van der Waals surface area contributed by atoms with E-state index in [0.29, 0.717) is 54.0 Å². The number of hydrogen-bond acceptors (Lipinski definition) is 6. The molecule has 5 rings (SSSR count). The highest BCUT2D eigenvalue weighted by Gasteiger charge is 2.27. The third-order valence-corrected chi connectivity index (χ3v) is 6.57. The lowest BCUT2D eigenvalue weighted by molar-refractivity contribution is -0.0261. The highest BCUT2D eigenvalue weighted by Crippen LogP contribution is 2.34. The highest BCUT2D eigenvalue weighted by atomic mass is 19.1. The molecule has 1 saturated heterocycles. The Morgan fingerprint density at radius 2 is 2.03 bits per heavy atom. The minimum atomic E-state index is -0.775. The number of aromatic nitrogens is 1. The van der Waals surface area contributed by atoms with Crippen LogP contribution in [0.3, 0.4) is 0 Å². The number of aliphatic hydroxyl groups is 1. The summed E-state index contributed by atoms with van der Waals surface area (Å²) in [7, 11) is 0. The van der Waals surface area contributed by atoms with Crippen molar-refractivity contribution >= 4 is 22.8 Å². The summed E-state index contributed by atoms with van der Waals surface area (Å²) in [5.41, 5.74) is 2.69. The standard InChI is InChI=1S/C26H27FN2O5/c27-19-12-16(3-5-18(19)23(30)6-4-15-1-2-15)11-17-13-22(28-21-8-10-34-25(17)21)26(32)29-20-7-9-33-14-24(20)31/h3,5,8,10,12-13,15,20,24,31H,1-2,4,6-7,9,11,14H2,(H,29,32)/t20-,24-/m0/s1. The fourth-order valence-corrected chi connectivity index (χ4v) is 4.40. The summed E-state index contributed by atoms with van der Waals surface area (Å²) in [6, 6.07) is 7.53. The average molecular weight is 467 g/mol. The molecular weight excluding hydrogens is 439 g/mol. The lowest BCUT2D eigenvalue weighted by atomic mass is 9.99. The molecule has 34 heavy (non-hydrogen) atoms. The Morgan fingerprint density at radius 1 is 1.18 bits per heavy atom. The van der Waals surface area contributed by atoms with Crippen LogP contribution in [0.2, 0.25) is 0 Å². The molecule has 2 aromatic heterocycles. The number of halogens is 1. The van der Waals surface area contributed by atoms with Gasteiger partial charge < -0.3 is 19.6 Å². The van der Waals surface area contributed by atoms with Crippen molar-refractivity contribution in [2.45, 2.75) is 50.7 Å². The van der Waals surface area contributed by atoms with E-state index in [2.05, 4.69) is 10.3 Å². The Hall–Kier alpha value is -3.10. The minimum Gasteiger partial charge on any atom is -0.462 e. The summed E-state index contributed by atoms with van der Waals surface area (Å²) in [5.74, 6) is -0.482. The molecule has 0 radical (unpaired) electrons. The van der Waals surface area contributed by atoms with Gasteiger partial charge in [0.2, 0.25) is 0 Å². The number of hydrogen-bond donors (Lipinski definition) is 2. The zero-order valence-corrected chi connectivity index (χ0v) is 18.8. The lowest BCUT2D eigenvalue weighted by Gasteiger charge is -2.28. The first-order valence-corrected chi connectivity index (χ1v) is 11.7. The summed E-state index contributed by atoms with van der Waals surface area (Å²) in [5, 5.41) is 12.9. The Balaban J connectivity index is 1.35. The van der Waals surface area contributed by atoms with Crippen molar-refractivity contribution in [1.29, 1.82) is 0 Å². The number of nitrogens with zero attached hydrogens (tertiary/aromatic N) is 1. The summed E-state index contributed by atoms with van der Waals surface area (Å²) in [4.78, 5) is 29.6. The van der Waals surface area contributed by atoms with Gasteiger partial charge in [-0.05, 0) is 42.5 Å². The number of amides is 1. The number of rotatable bonds is 8. The number of Topliss-reactive ketones (excluding diaryl/α,β-unsaturated/α-hetero) is 1. The zero-order valence-electron chi connectivity index (χ0n) is 18.8. The van der Waals surface area contributed by atoms with Crippen molar-refractivity contribution in [3.63, 3.8) is 0 Å². The summed E-state index contributed by atoms with van der Waals surface area (Å²) in [6.45, 7) is 0.640. The first-order chi connectivity index (χ1) is 16.5. The van der Waals surface area contributed by atoms with Crippen LogP contribution >= 0.6 is 0 Å². The van der Waals surface area contributed by atoms with E-state index in [1.807, 2.05) is 0 Å². The number of fused-ring (bicyclic) bond motifs is 1. The van der Waals surface area contributed by atoms with Crippen LogP contribution in [0.25, 0.3) is 11.1 Å². The number of benzene rings is 1. The van der Waals surface area contributed by atoms with E-state index in [4.69, 9.17) is 9.15 Å². The predicted octanol–water partition coefficient (Wildman–Crippen LogP) is 3.81. The summed E-state index contributed by atoms with van der Waals surface area (Å²) < 4.78 is 25.5. The molecule has 7 nitrogen and oxygen atoms in total. The molecule has 1 aliphatic carbocycles. The van der Waals surface area contributed by atoms with Crippen molar-refractivity contribution in [1.82, 2.24) is 10.3 Å². The fourth-order valence-electron chi connectivity index (χ4n) is 4.40. The van der Waals surface area contributed by atoms with E-state index in [0.717, 1.165) is 19.3 Å². The average Bonchev–Trinajstić information content (AvgIpc) is 3.53. The van der Waals surface area contributed by atoms with Crippen LogP contribution in [-0.4, -0.2) is 47.1 Å². The van der Waals surface area contributed by atoms with E-state index in [1.165, 1.54) is 12.3 Å². The van der Waals surface area contributed by atoms with Crippen molar-refractivity contribution in [2.75, 3.05) is 13.2 Å². The number of furan rings is 1. The summed E-state index contributed by atoms with van der Waals surface area (Å²) >= 11 is 0. The van der Waals surface area contributed by atoms with Gasteiger partial charge in [-0.3, -0.25) is 9.59 Å². The topological polar surface area (TPSA) is 102 Å². The van der Waals surface area contributed by atoms with Crippen LogP contribution in [0.1, 0.15) is 64.1 Å². The second kappa shape index (κ2) is 9.64. The monoisotopic (exact) mass is 466 g/mol. The van der Waals surface area contributed by atoms with Crippen molar-refractivity contribution < 1.29 is 28.2 Å². The van der Waals surface area contributed by atoms with Crippen LogP contribution in [0.5, 0.6) is 0 Å². The van der Waals surface area contributed by atoms with Crippen molar-refractivity contribution in [3.8, 4) is 0 Å². The van der Waals surface area contributed by atoms with Crippen LogP contribution < -0.4 is 5.32 Å². The number of nitrogens with one attached hydrogen (secondary N) is 1. The molecule has 1 amide bonds. The minimum absolute atomic E-state index is 0.123. The molecule has 0 bridgehead atoms. The molecule has 1 saturated carbocycles. The molecular formula is C26H27FN2O5. The zero-order chi connectivity index (χ0) is 23.7. The van der Waals surface area contributed by atoms with Gasteiger partial charge in [-0.25, -0.2) is 9.37 Å². The van der Waals surface area contributed by atoms with Gasteiger partial charge in [-0.1, -0.05) is 18.9 Å². The molecule has 1 aliphatic heterocycles. The van der Waals surface area contributed by atoms with Gasteiger partial charge >= 0.3 is 0 Å². The van der Waals surface area contributed by atoms with Crippen LogP contribution in [0.4, 0.5) is 4.39 Å². The number of pyridine rings is 1. The Morgan fingerprint density at radius 3 is 2.79 bits per heavy atom. The first-order valence-electron chi connectivity index (χ1n) is 11.7. The van der Waals surface area contributed by atoms with Crippen molar-refractivity contribution in [3.05, 3.63) is 64.8 Å². The van der Waals surface area contributed by atoms with Gasteiger partial charge in [-0.2, -0.15) is 0 Å². The number of ketones is 1. The number of aliphatic hydroxyl groups excluding tert-OH is 1. The maximum atomic E-state index is 14.7. The Labute approximate surface area is 196 Å². The van der Waals surface area contributed by atoms with Crippen molar-refractivity contribution in [2.24, 2.45) is 5.92 Å². The maximum absolute atomic E-state index is 14.7. The van der Waals surface area contributed by atoms with Gasteiger partial charge in [-0.15, -0.1) is 0 Å². The molecule has 0 spiro atoms. The largest absolute Gasteiger partial charge is 0.462 e. The Kier molecular flexibility index (Phi) is 6.43. The van der Waals surface area contributed by atoms with E-state index >= 15 is 0 Å². The van der Waals surface area contributed by atoms with E-state index in [9.17, 15) is 19.1 Å². The molecule has 3 heterocycles. The number of carbonyl (C=O) groups excluding carboxylic acids is 2. The van der Waals surface area contributed by atoms with E-state index in [-0.39, 0.29) is 23.6 Å². The Bertz CT molecular complexity index is 1220. The third-order valence-electron chi connectivity index (χ3n) is 6.57. The van der Waals surface area contributed by atoms with E-state index < -0.39 is 23.9 Å². The normalized spacial score (nSPS) is 20.4. The molecule has 2 aliphatic rings. The quantitative estimate of drug-likeness (QED) is 0.490. The van der Waals surface area contributed by atoms with Crippen LogP contribution in [0.15, 0.2) is 41.0 Å². The van der Waals surface area contributed by atoms with Gasteiger partial charge in [0.25, 0.3) is 5.91 Å². The summed E-state index contributed by atoms with van der Waals surface area (Å²) in [6.07, 6.45) is 5.06. The first kappa shape index (κ1) is 22.7. The van der Waals surface area contributed by atoms with Gasteiger partial charge in [0.05, 0.1) is 30.6 Å². The van der Waals surface area contributed by atoms with Gasteiger partial charge in [0.15, 0.2) is 11.4 Å². The molecule has 0 unspecified atom stereocenters. The number of ether oxygens (including phenoxy) is 1. The molecule has 2 N–H and O–H groups in total. The molecule has 178 valence electrons. The highest BCUT2D eigenvalue weighted by molar-refractivity contribution is 5.96. The van der Waals surface area contributed by atoms with E-state index in [1.54, 1.807) is 24.3 Å². The SMILES string of the molecule is O=C(N[C@H]1CCOC[C@@H]1O)c1cc(Cc2ccc(C(=O)CCC3CC3)c(F)c2)c2occc2n1. The maximum Gasteiger partial charge on any atom is 0.270 e. The molecule has 3 aromatic rings. The number of carbonyl (C=O) groups is 2. The molecule has 8 heteroatoms. The van der Waals surface area contributed by atoms with Gasteiger partial charge in [0, 0.05) is 31.1 Å². The fraction of sp³-hybridized carbons (Fsp3) is 0.423. The predicted molar refractivity (Wildman–Crippen MR) is 122 cm³/mol. The lowest BCUT2D eigenvalue weighted by Crippen LogP contribution is -2.48. The second-order valence-electron chi connectivity index (χ2n) is 9.21. The van der Waals surface area contributed by atoms with Crippen LogP contribution in [-0.2, 0) is 11.2 Å². The molecule has 2 fully saturated rings. The molecule has 1 aromatic carbocycles.